The molecule has 0 bridgehead atoms. The Hall–Kier alpha value is -1.69. The van der Waals surface area contributed by atoms with E-state index in [1.54, 1.807) is 0 Å². The van der Waals surface area contributed by atoms with Crippen LogP contribution in [0.2, 0.25) is 0 Å². The highest BCUT2D eigenvalue weighted by molar-refractivity contribution is 5.69. The van der Waals surface area contributed by atoms with Gasteiger partial charge in [0.25, 0.3) is 0 Å². The molecule has 31 heavy (non-hydrogen) atoms. The molecule has 5 nitrogen and oxygen atoms in total. The number of aliphatic hydroxyl groups excluding tert-OH is 3. The third-order valence-electron chi connectivity index (χ3n) is 6.16. The van der Waals surface area contributed by atoms with E-state index >= 15 is 0 Å². The Labute approximate surface area is 187 Å². The van der Waals surface area contributed by atoms with Gasteiger partial charge in [0.2, 0.25) is 0 Å². The van der Waals surface area contributed by atoms with Crippen LogP contribution in [0.25, 0.3) is 0 Å². The summed E-state index contributed by atoms with van der Waals surface area (Å²) in [6.07, 6.45) is 8.58. The molecular formula is C26H40O5. The van der Waals surface area contributed by atoms with Gasteiger partial charge in [0.05, 0.1) is 24.4 Å². The largest absolute Gasteiger partial charge is 0.463 e. The van der Waals surface area contributed by atoms with Gasteiger partial charge in [-0.2, -0.15) is 0 Å². The van der Waals surface area contributed by atoms with Crippen molar-refractivity contribution in [2.45, 2.75) is 96.1 Å². The fourth-order valence-corrected chi connectivity index (χ4v) is 4.47. The van der Waals surface area contributed by atoms with Gasteiger partial charge in [-0.3, -0.25) is 4.79 Å². The molecule has 5 atom stereocenters. The van der Waals surface area contributed by atoms with Crippen molar-refractivity contribution in [1.82, 2.24) is 0 Å². The molecule has 1 unspecified atom stereocenters. The minimum atomic E-state index is -0.513. The summed E-state index contributed by atoms with van der Waals surface area (Å²) in [7, 11) is 0. The molecule has 1 aromatic rings. The van der Waals surface area contributed by atoms with Gasteiger partial charge in [-0.15, -0.1) is 0 Å². The van der Waals surface area contributed by atoms with Gasteiger partial charge in [0.15, 0.2) is 0 Å². The lowest BCUT2D eigenvalue weighted by Gasteiger charge is -2.23. The van der Waals surface area contributed by atoms with Crippen LogP contribution in [0.5, 0.6) is 0 Å². The van der Waals surface area contributed by atoms with E-state index in [-0.39, 0.29) is 23.9 Å². The number of benzene rings is 1. The Morgan fingerprint density at radius 2 is 1.81 bits per heavy atom. The van der Waals surface area contributed by atoms with Gasteiger partial charge in [0, 0.05) is 6.42 Å². The number of ether oxygens (including phenoxy) is 1. The monoisotopic (exact) mass is 432 g/mol. The molecular weight excluding hydrogens is 392 g/mol. The number of unbranched alkanes of at least 4 members (excludes halogenated alkanes) is 1. The van der Waals surface area contributed by atoms with Crippen LogP contribution in [0.15, 0.2) is 42.5 Å². The molecule has 5 heteroatoms. The summed E-state index contributed by atoms with van der Waals surface area (Å²) in [6.45, 7) is 3.69. The number of hydrogen-bond acceptors (Lipinski definition) is 5. The molecule has 3 N–H and O–H groups in total. The van der Waals surface area contributed by atoms with Crippen LogP contribution in [0.3, 0.4) is 0 Å². The van der Waals surface area contributed by atoms with Gasteiger partial charge >= 0.3 is 5.97 Å². The summed E-state index contributed by atoms with van der Waals surface area (Å²) in [6, 6.07) is 10.1. The zero-order chi connectivity index (χ0) is 22.6. The molecule has 1 aromatic carbocycles. The summed E-state index contributed by atoms with van der Waals surface area (Å²) in [5.41, 5.74) is 1.22. The second-order valence-corrected chi connectivity index (χ2v) is 9.09. The maximum Gasteiger partial charge on any atom is 0.306 e. The van der Waals surface area contributed by atoms with E-state index in [4.69, 9.17) is 4.74 Å². The van der Waals surface area contributed by atoms with Crippen molar-refractivity contribution in [3.63, 3.8) is 0 Å². The number of carbonyl (C=O) groups is 1. The lowest BCUT2D eigenvalue weighted by Crippen LogP contribution is -2.23. The van der Waals surface area contributed by atoms with Crippen LogP contribution >= 0.6 is 0 Å². The van der Waals surface area contributed by atoms with Crippen molar-refractivity contribution < 1.29 is 24.9 Å². The van der Waals surface area contributed by atoms with E-state index in [1.165, 1.54) is 5.56 Å². The third-order valence-corrected chi connectivity index (χ3v) is 6.16. The molecule has 0 saturated heterocycles. The standard InChI is InChI=1S/C26H40O5/c1-19(2)31-26(30)13-9-4-3-8-12-22-23(25(29)18-24(22)28)17-16-21(27)15-14-20-10-6-5-7-11-20/h3,5-8,10-11,19,21-25,27-29H,4,9,12-18H2,1-2H3/t21?,22-,23-,24+,25-/m1/s1. The van der Waals surface area contributed by atoms with E-state index in [9.17, 15) is 20.1 Å². The number of allylic oxidation sites excluding steroid dienone is 2. The first kappa shape index (κ1) is 25.6. The summed E-state index contributed by atoms with van der Waals surface area (Å²) in [4.78, 5) is 11.5. The quantitative estimate of drug-likeness (QED) is 0.247. The highest BCUT2D eigenvalue weighted by Gasteiger charge is 2.40. The molecule has 0 radical (unpaired) electrons. The van der Waals surface area contributed by atoms with Crippen molar-refractivity contribution in [2.75, 3.05) is 0 Å². The van der Waals surface area contributed by atoms with Gasteiger partial charge < -0.3 is 20.1 Å². The number of esters is 1. The Kier molecular flexibility index (Phi) is 11.3. The van der Waals surface area contributed by atoms with Crippen molar-refractivity contribution >= 4 is 5.97 Å². The smallest absolute Gasteiger partial charge is 0.306 e. The Bertz CT molecular complexity index is 657. The molecule has 0 aliphatic heterocycles. The number of aryl methyl sites for hydroxylation is 1. The van der Waals surface area contributed by atoms with E-state index in [1.807, 2.05) is 38.1 Å². The fourth-order valence-electron chi connectivity index (χ4n) is 4.47. The number of rotatable bonds is 13. The topological polar surface area (TPSA) is 87.0 Å². The van der Waals surface area contributed by atoms with Gasteiger partial charge in [0.1, 0.15) is 0 Å². The Morgan fingerprint density at radius 1 is 1.10 bits per heavy atom. The summed E-state index contributed by atoms with van der Waals surface area (Å²) in [5, 5.41) is 31.2. The predicted octanol–water partition coefficient (Wildman–Crippen LogP) is 4.19. The number of aliphatic hydroxyl groups is 3. The highest BCUT2D eigenvalue weighted by Crippen LogP contribution is 2.38. The second kappa shape index (κ2) is 13.7. The van der Waals surface area contributed by atoms with Gasteiger partial charge in [-0.1, -0.05) is 42.5 Å². The van der Waals surface area contributed by atoms with Crippen LogP contribution in [-0.4, -0.2) is 45.7 Å². The molecule has 1 fully saturated rings. The van der Waals surface area contributed by atoms with E-state index in [0.717, 1.165) is 19.3 Å². The summed E-state index contributed by atoms with van der Waals surface area (Å²) >= 11 is 0. The van der Waals surface area contributed by atoms with Crippen LogP contribution < -0.4 is 0 Å². The molecule has 1 saturated carbocycles. The Morgan fingerprint density at radius 3 is 2.52 bits per heavy atom. The average molecular weight is 433 g/mol. The van der Waals surface area contributed by atoms with Gasteiger partial charge in [-0.25, -0.2) is 0 Å². The summed E-state index contributed by atoms with van der Waals surface area (Å²) in [5.74, 6) is -0.144. The van der Waals surface area contributed by atoms with Crippen LogP contribution in [0.4, 0.5) is 0 Å². The Balaban J connectivity index is 1.70. The average Bonchev–Trinajstić information content (AvgIpc) is 3.00. The van der Waals surface area contributed by atoms with E-state index < -0.39 is 18.3 Å². The summed E-state index contributed by atoms with van der Waals surface area (Å²) < 4.78 is 5.12. The predicted molar refractivity (Wildman–Crippen MR) is 122 cm³/mol. The van der Waals surface area contributed by atoms with Crippen molar-refractivity contribution in [2.24, 2.45) is 11.8 Å². The third kappa shape index (κ3) is 9.55. The molecule has 0 aromatic heterocycles. The number of carbonyl (C=O) groups excluding carboxylic acids is 1. The van der Waals surface area contributed by atoms with Crippen molar-refractivity contribution in [3.8, 4) is 0 Å². The first-order valence-electron chi connectivity index (χ1n) is 11.8. The molecule has 1 aliphatic rings. The number of hydrogen-bond donors (Lipinski definition) is 3. The van der Waals surface area contributed by atoms with Crippen molar-refractivity contribution in [3.05, 3.63) is 48.0 Å². The molecule has 174 valence electrons. The minimum absolute atomic E-state index is 0.00652. The maximum absolute atomic E-state index is 11.5. The van der Waals surface area contributed by atoms with Crippen LogP contribution in [0.1, 0.15) is 70.8 Å². The lowest BCUT2D eigenvalue weighted by atomic mass is 9.85. The van der Waals surface area contributed by atoms with Crippen LogP contribution in [0, 0.1) is 11.8 Å². The first-order chi connectivity index (χ1) is 14.9. The van der Waals surface area contributed by atoms with Gasteiger partial charge in [-0.05, 0) is 82.6 Å². The van der Waals surface area contributed by atoms with E-state index in [0.29, 0.717) is 38.5 Å². The van der Waals surface area contributed by atoms with Crippen molar-refractivity contribution in [1.29, 1.82) is 0 Å². The molecule has 0 amide bonds. The molecule has 0 heterocycles. The maximum atomic E-state index is 11.5. The lowest BCUT2D eigenvalue weighted by molar-refractivity contribution is -0.147. The van der Waals surface area contributed by atoms with Crippen LogP contribution in [-0.2, 0) is 16.0 Å². The minimum Gasteiger partial charge on any atom is -0.463 e. The SMILES string of the molecule is CC(C)OC(=O)CCCC=CC[C@@H]1[C@@H](CCC(O)CCc2ccccc2)[C@H](O)C[C@@H]1O. The molecule has 0 spiro atoms. The zero-order valence-electron chi connectivity index (χ0n) is 19.0. The highest BCUT2D eigenvalue weighted by atomic mass is 16.5. The normalized spacial score (nSPS) is 24.7. The molecule has 2 rings (SSSR count). The second-order valence-electron chi connectivity index (χ2n) is 9.09. The fraction of sp³-hybridized carbons (Fsp3) is 0.654. The zero-order valence-corrected chi connectivity index (χ0v) is 19.0. The first-order valence-corrected chi connectivity index (χ1v) is 11.8. The molecule has 1 aliphatic carbocycles. The van der Waals surface area contributed by atoms with E-state index in [2.05, 4.69) is 18.2 Å².